The van der Waals surface area contributed by atoms with Crippen molar-refractivity contribution in [3.8, 4) is 0 Å². The smallest absolute Gasteiger partial charge is 0.408 e. The van der Waals surface area contributed by atoms with Gasteiger partial charge in [0, 0.05) is 28.4 Å². The maximum absolute atomic E-state index is 11.3. The minimum Gasteiger partial charge on any atom is -0.408 e. The van der Waals surface area contributed by atoms with Crippen LogP contribution < -0.4 is 21.1 Å². The van der Waals surface area contributed by atoms with Crippen molar-refractivity contribution in [2.24, 2.45) is 0 Å². The molecular formula is C20H22N6O2S. The van der Waals surface area contributed by atoms with Crippen LogP contribution in [0.2, 0.25) is 0 Å². The van der Waals surface area contributed by atoms with Crippen LogP contribution in [0.4, 0.5) is 23.0 Å². The van der Waals surface area contributed by atoms with Crippen LogP contribution in [-0.2, 0) is 0 Å². The number of hydrogen-bond acceptors (Lipinski definition) is 8. The van der Waals surface area contributed by atoms with Gasteiger partial charge in [0.2, 0.25) is 0 Å². The van der Waals surface area contributed by atoms with E-state index in [4.69, 9.17) is 4.42 Å². The van der Waals surface area contributed by atoms with Gasteiger partial charge >= 0.3 is 5.76 Å². The SMILES string of the molecule is CC.CNSc1cccc(Nc2cc(Nc3ccc4[nH]c(=O)oc4c3)ncn2)c1. The molecule has 2 heterocycles. The zero-order valence-corrected chi connectivity index (χ0v) is 17.1. The molecule has 4 N–H and O–H groups in total. The highest BCUT2D eigenvalue weighted by molar-refractivity contribution is 7.97. The van der Waals surface area contributed by atoms with Crippen molar-refractivity contribution in [1.82, 2.24) is 19.7 Å². The quantitative estimate of drug-likeness (QED) is 0.340. The van der Waals surface area contributed by atoms with Gasteiger partial charge in [-0.15, -0.1) is 0 Å². The number of nitrogens with one attached hydrogen (secondary N) is 4. The number of oxazole rings is 1. The second-order valence-electron chi connectivity index (χ2n) is 5.60. The summed E-state index contributed by atoms with van der Waals surface area (Å²) in [6, 6.07) is 15.1. The lowest BCUT2D eigenvalue weighted by atomic mass is 10.3. The number of fused-ring (bicyclic) bond motifs is 1. The van der Waals surface area contributed by atoms with Crippen molar-refractivity contribution in [2.75, 3.05) is 17.7 Å². The molecule has 2 aromatic heterocycles. The van der Waals surface area contributed by atoms with E-state index in [9.17, 15) is 4.79 Å². The molecule has 0 atom stereocenters. The van der Waals surface area contributed by atoms with E-state index < -0.39 is 5.76 Å². The molecule has 150 valence electrons. The molecule has 4 aromatic rings. The summed E-state index contributed by atoms with van der Waals surface area (Å²) in [6.45, 7) is 4.00. The lowest BCUT2D eigenvalue weighted by Gasteiger charge is -2.09. The number of H-pyrrole nitrogens is 1. The Balaban J connectivity index is 0.00000117. The van der Waals surface area contributed by atoms with Gasteiger partial charge in [0.15, 0.2) is 5.58 Å². The van der Waals surface area contributed by atoms with Crippen LogP contribution in [-0.4, -0.2) is 22.0 Å². The Bertz CT molecular complexity index is 1140. The molecule has 0 aliphatic rings. The highest BCUT2D eigenvalue weighted by Gasteiger charge is 2.05. The Morgan fingerprint density at radius 1 is 0.966 bits per heavy atom. The number of hydrogen-bond donors (Lipinski definition) is 4. The van der Waals surface area contributed by atoms with Crippen molar-refractivity contribution in [3.63, 3.8) is 0 Å². The summed E-state index contributed by atoms with van der Waals surface area (Å²) in [5, 5.41) is 6.45. The largest absolute Gasteiger partial charge is 0.417 e. The normalized spacial score (nSPS) is 10.3. The molecule has 4 rings (SSSR count). The highest BCUT2D eigenvalue weighted by atomic mass is 32.2. The highest BCUT2D eigenvalue weighted by Crippen LogP contribution is 2.24. The van der Waals surface area contributed by atoms with Crippen molar-refractivity contribution < 1.29 is 4.42 Å². The average molecular weight is 411 g/mol. The average Bonchev–Trinajstić information content (AvgIpc) is 3.10. The van der Waals surface area contributed by atoms with Gasteiger partial charge < -0.3 is 15.1 Å². The Kier molecular flexibility index (Phi) is 6.88. The van der Waals surface area contributed by atoms with Crippen LogP contribution in [0.15, 0.2) is 69.0 Å². The van der Waals surface area contributed by atoms with E-state index in [-0.39, 0.29) is 0 Å². The van der Waals surface area contributed by atoms with Gasteiger partial charge in [-0.2, -0.15) is 0 Å². The minimum absolute atomic E-state index is 0.477. The van der Waals surface area contributed by atoms with E-state index in [0.717, 1.165) is 16.3 Å². The zero-order chi connectivity index (χ0) is 20.6. The molecule has 0 spiro atoms. The predicted octanol–water partition coefficient (Wildman–Crippen LogP) is 4.65. The molecule has 8 nitrogen and oxygen atoms in total. The monoisotopic (exact) mass is 410 g/mol. The van der Waals surface area contributed by atoms with Crippen LogP contribution in [0, 0.1) is 0 Å². The van der Waals surface area contributed by atoms with Gasteiger partial charge in [0.25, 0.3) is 0 Å². The maximum atomic E-state index is 11.3. The van der Waals surface area contributed by atoms with Crippen molar-refractivity contribution >= 4 is 46.1 Å². The fraction of sp³-hybridized carbons (Fsp3) is 0.150. The van der Waals surface area contributed by atoms with Crippen LogP contribution in [0.3, 0.4) is 0 Å². The number of nitrogens with zero attached hydrogens (tertiary/aromatic N) is 2. The summed E-state index contributed by atoms with van der Waals surface area (Å²) in [6.07, 6.45) is 1.48. The van der Waals surface area contributed by atoms with Gasteiger partial charge in [0.1, 0.15) is 18.0 Å². The standard InChI is InChI=1S/C18H16N6O2S.C2H6/c1-19-27-13-4-2-3-11(7-13)22-16-9-17(21-10-20-16)23-12-5-6-14-15(8-12)26-18(25)24-14;1-2/h2-10,19H,1H3,(H,24,25)(H2,20,21,22,23);1-2H3. The van der Waals surface area contributed by atoms with E-state index in [0.29, 0.717) is 22.7 Å². The van der Waals surface area contributed by atoms with E-state index in [1.54, 1.807) is 18.2 Å². The van der Waals surface area contributed by atoms with E-state index in [1.165, 1.54) is 18.3 Å². The summed E-state index contributed by atoms with van der Waals surface area (Å²) in [4.78, 5) is 23.5. The lowest BCUT2D eigenvalue weighted by Crippen LogP contribution is -1.99. The van der Waals surface area contributed by atoms with Crippen LogP contribution >= 0.6 is 11.9 Å². The first kappa shape index (κ1) is 20.4. The van der Waals surface area contributed by atoms with Crippen LogP contribution in [0.1, 0.15) is 13.8 Å². The zero-order valence-electron chi connectivity index (χ0n) is 16.3. The fourth-order valence-electron chi connectivity index (χ4n) is 2.57. The van der Waals surface area contributed by atoms with E-state index in [2.05, 4.69) is 30.3 Å². The molecule has 0 aliphatic carbocycles. The number of rotatable bonds is 6. The Labute approximate surface area is 172 Å². The molecule has 0 saturated heterocycles. The molecular weight excluding hydrogens is 388 g/mol. The van der Waals surface area contributed by atoms with Crippen LogP contribution in [0.25, 0.3) is 11.1 Å². The van der Waals surface area contributed by atoms with Gasteiger partial charge in [-0.1, -0.05) is 19.9 Å². The van der Waals surface area contributed by atoms with Crippen molar-refractivity contribution in [1.29, 1.82) is 0 Å². The number of aromatic amines is 1. The molecule has 0 radical (unpaired) electrons. The molecule has 0 fully saturated rings. The van der Waals surface area contributed by atoms with Gasteiger partial charge in [-0.05, 0) is 49.3 Å². The fourth-order valence-corrected chi connectivity index (χ4v) is 3.14. The number of benzene rings is 2. The number of aromatic nitrogens is 3. The second kappa shape index (κ2) is 9.76. The maximum Gasteiger partial charge on any atom is 0.417 e. The van der Waals surface area contributed by atoms with Gasteiger partial charge in [0.05, 0.1) is 5.52 Å². The molecule has 0 aliphatic heterocycles. The summed E-state index contributed by atoms with van der Waals surface area (Å²) < 4.78 is 8.13. The summed E-state index contributed by atoms with van der Waals surface area (Å²) in [5.74, 6) is 0.799. The summed E-state index contributed by atoms with van der Waals surface area (Å²) in [5.41, 5.74) is 2.81. The predicted molar refractivity (Wildman–Crippen MR) is 118 cm³/mol. The first-order chi connectivity index (χ1) is 14.2. The lowest BCUT2D eigenvalue weighted by molar-refractivity contribution is 0.555. The molecule has 0 amide bonds. The molecule has 9 heteroatoms. The third kappa shape index (κ3) is 5.37. The molecule has 0 saturated carbocycles. The van der Waals surface area contributed by atoms with Crippen LogP contribution in [0.5, 0.6) is 0 Å². The number of anilines is 4. The molecule has 2 aromatic carbocycles. The Morgan fingerprint density at radius 2 is 1.69 bits per heavy atom. The van der Waals surface area contributed by atoms with Gasteiger partial charge in [-0.25, -0.2) is 14.8 Å². The third-order valence-electron chi connectivity index (χ3n) is 3.69. The molecule has 0 bridgehead atoms. The van der Waals surface area contributed by atoms with E-state index >= 15 is 0 Å². The second-order valence-corrected chi connectivity index (χ2v) is 6.68. The summed E-state index contributed by atoms with van der Waals surface area (Å²) >= 11 is 1.54. The first-order valence-corrected chi connectivity index (χ1v) is 9.94. The minimum atomic E-state index is -0.477. The van der Waals surface area contributed by atoms with Crippen molar-refractivity contribution in [2.45, 2.75) is 18.7 Å². The van der Waals surface area contributed by atoms with E-state index in [1.807, 2.05) is 51.2 Å². The first-order valence-electron chi connectivity index (χ1n) is 9.12. The topological polar surface area (TPSA) is 108 Å². The Morgan fingerprint density at radius 3 is 2.41 bits per heavy atom. The van der Waals surface area contributed by atoms with Gasteiger partial charge in [-0.3, -0.25) is 9.71 Å². The van der Waals surface area contributed by atoms with Crippen molar-refractivity contribution in [3.05, 3.63) is 65.4 Å². The Hall–Kier alpha value is -3.30. The third-order valence-corrected chi connectivity index (χ3v) is 4.38. The molecule has 29 heavy (non-hydrogen) atoms. The molecule has 0 unspecified atom stereocenters. The summed E-state index contributed by atoms with van der Waals surface area (Å²) in [7, 11) is 1.88.